The standard InChI is InChI=1S/2C11H7Cl2N3.C6H4N2O2.ClHO4.Ru/c2*12-8-4-3-5-9(13)11(8)16-15-10-6-1-2-7-14-10;9-7-5-3-1-2-4-6(5)8-10;2-1(3,4)5;/h2*1-7H;1-4H;(H,2,3,4,5);/q;;;;+1/p-1. The van der Waals surface area contributed by atoms with E-state index in [0.717, 1.165) is 0 Å². The molecule has 0 atom stereocenters. The van der Waals surface area contributed by atoms with Crippen LogP contribution in [0.2, 0.25) is 20.1 Å². The monoisotopic (exact) mass is 839 g/mol. The number of azo groups is 2. The maximum absolute atomic E-state index is 9.94. The summed E-state index contributed by atoms with van der Waals surface area (Å²) in [6.45, 7) is 0. The summed E-state index contributed by atoms with van der Waals surface area (Å²) in [4.78, 5) is 27.9. The second-order valence-corrected chi connectivity index (χ2v) is 10.4. The minimum absolute atomic E-state index is 0. The molecule has 3 aromatic carbocycles. The number of nitroso groups, excluding NO2 is 2. The molecule has 0 unspecified atom stereocenters. The van der Waals surface area contributed by atoms with E-state index in [0.29, 0.717) is 43.1 Å². The van der Waals surface area contributed by atoms with Crippen molar-refractivity contribution in [3.8, 4) is 0 Å². The molecule has 0 amide bonds. The molecule has 20 heteroatoms. The molecule has 0 spiro atoms. The molecule has 0 aliphatic heterocycles. The molecule has 5 rings (SSSR count). The molecule has 1 radical (unpaired) electrons. The van der Waals surface area contributed by atoms with E-state index in [1.807, 2.05) is 24.3 Å². The largest absolute Gasteiger partial charge is 1.00 e. The summed E-state index contributed by atoms with van der Waals surface area (Å²) in [6, 6.07) is 27.2. The van der Waals surface area contributed by atoms with Crippen molar-refractivity contribution in [3.05, 3.63) is 139 Å². The molecule has 0 saturated carbocycles. The van der Waals surface area contributed by atoms with Gasteiger partial charge in [0.25, 0.3) is 0 Å². The summed E-state index contributed by atoms with van der Waals surface area (Å²) in [5.74, 6) is 1.02. The fraction of sp³-hybridized carbons (Fsp3) is 0. The van der Waals surface area contributed by atoms with Crippen molar-refractivity contribution in [1.29, 1.82) is 0 Å². The molecule has 249 valence electrons. The normalized spacial score (nSPS) is 10.3. The molecule has 14 nitrogen and oxygen atoms in total. The minimum atomic E-state index is -4.94. The van der Waals surface area contributed by atoms with Gasteiger partial charge in [-0.2, -0.15) is 0 Å². The molecule has 0 bridgehead atoms. The van der Waals surface area contributed by atoms with Crippen LogP contribution in [-0.2, 0) is 19.5 Å². The first kappa shape index (κ1) is 42.3. The van der Waals surface area contributed by atoms with E-state index < -0.39 is 10.2 Å². The molecule has 5 aromatic rings. The van der Waals surface area contributed by atoms with Crippen molar-refractivity contribution in [2.75, 3.05) is 0 Å². The third-order valence-corrected chi connectivity index (χ3v) is 5.98. The van der Waals surface area contributed by atoms with Crippen LogP contribution in [0.25, 0.3) is 0 Å². The predicted octanol–water partition coefficient (Wildman–Crippen LogP) is 7.33. The van der Waals surface area contributed by atoms with Crippen molar-refractivity contribution in [2.45, 2.75) is 0 Å². The number of aromatic nitrogens is 2. The van der Waals surface area contributed by atoms with E-state index in [9.17, 15) is 9.81 Å². The van der Waals surface area contributed by atoms with Gasteiger partial charge in [0.15, 0.2) is 11.6 Å². The van der Waals surface area contributed by atoms with Crippen LogP contribution in [0.3, 0.4) is 0 Å². The Morgan fingerprint density at radius 3 is 1.06 bits per heavy atom. The number of halogens is 5. The van der Waals surface area contributed by atoms with Crippen LogP contribution in [0.15, 0.2) is 140 Å². The molecule has 0 saturated heterocycles. The first-order chi connectivity index (χ1) is 22.4. The second kappa shape index (κ2) is 22.8. The van der Waals surface area contributed by atoms with Crippen LogP contribution in [-0.4, -0.2) is 9.97 Å². The van der Waals surface area contributed by atoms with Gasteiger partial charge in [0, 0.05) is 12.4 Å². The van der Waals surface area contributed by atoms with Gasteiger partial charge in [0.05, 0.1) is 20.1 Å². The zero-order valence-corrected chi connectivity index (χ0v) is 29.2. The summed E-state index contributed by atoms with van der Waals surface area (Å²) < 4.78 is 34.0. The third kappa shape index (κ3) is 16.9. The Kier molecular flexibility index (Phi) is 20.1. The zero-order chi connectivity index (χ0) is 34.7. The van der Waals surface area contributed by atoms with Crippen LogP contribution in [0.4, 0.5) is 34.4 Å². The van der Waals surface area contributed by atoms with E-state index in [2.05, 4.69) is 40.8 Å². The Morgan fingerprint density at radius 2 is 0.792 bits per heavy atom. The summed E-state index contributed by atoms with van der Waals surface area (Å²) in [7, 11) is -4.94. The minimum Gasteiger partial charge on any atom is -0.236 e. The molecular formula is C28H18Cl5N8O6Ru. The number of rotatable bonds is 6. The third-order valence-electron chi connectivity index (χ3n) is 4.76. The van der Waals surface area contributed by atoms with Crippen LogP contribution in [0, 0.1) is 20.1 Å². The van der Waals surface area contributed by atoms with E-state index in [1.54, 1.807) is 73.1 Å². The van der Waals surface area contributed by atoms with Gasteiger partial charge >= 0.3 is 19.5 Å². The van der Waals surface area contributed by atoms with Gasteiger partial charge < -0.3 is 0 Å². The SMILES string of the molecule is Clc1cccc(Cl)c1N=Nc1ccccn1.Clc1cccc(Cl)c1N=Nc1ccccn1.O=Nc1ccccc1N=O.[O-][Cl+3]([O-])([O-])[O-].[Ru+]. The average Bonchev–Trinajstić information content (AvgIpc) is 3.05. The summed E-state index contributed by atoms with van der Waals surface area (Å²) in [5.41, 5.74) is 1.07. The van der Waals surface area contributed by atoms with Gasteiger partial charge in [-0.05, 0) is 71.0 Å². The first-order valence-corrected chi connectivity index (χ1v) is 15.1. The van der Waals surface area contributed by atoms with Crippen LogP contribution in [0.5, 0.6) is 0 Å². The Bertz CT molecular complexity index is 1620. The van der Waals surface area contributed by atoms with Gasteiger partial charge in [-0.15, -0.1) is 40.5 Å². The fourth-order valence-corrected chi connectivity index (χ4v) is 3.76. The fourth-order valence-electron chi connectivity index (χ4n) is 2.82. The smallest absolute Gasteiger partial charge is 0.236 e. The Labute approximate surface area is 307 Å². The van der Waals surface area contributed by atoms with Crippen molar-refractivity contribution in [3.63, 3.8) is 0 Å². The molecule has 0 N–H and O–H groups in total. The van der Waals surface area contributed by atoms with Crippen LogP contribution >= 0.6 is 46.4 Å². The van der Waals surface area contributed by atoms with Crippen molar-refractivity contribution in [1.82, 2.24) is 9.97 Å². The predicted molar refractivity (Wildman–Crippen MR) is 167 cm³/mol. The van der Waals surface area contributed by atoms with Crippen LogP contribution in [0.1, 0.15) is 0 Å². The molecule has 48 heavy (non-hydrogen) atoms. The molecule has 0 aliphatic carbocycles. The molecular weight excluding hydrogens is 823 g/mol. The maximum Gasteiger partial charge on any atom is 1.00 e. The van der Waals surface area contributed by atoms with E-state index >= 15 is 0 Å². The van der Waals surface area contributed by atoms with Gasteiger partial charge in [0.1, 0.15) is 22.7 Å². The van der Waals surface area contributed by atoms with Gasteiger partial charge in [-0.3, -0.25) is 0 Å². The topological polar surface area (TPSA) is 226 Å². The number of hydrogen-bond donors (Lipinski definition) is 0. The Morgan fingerprint density at radius 1 is 0.479 bits per heavy atom. The molecule has 0 fully saturated rings. The number of hydrogen-bond acceptors (Lipinski definition) is 14. The van der Waals surface area contributed by atoms with Crippen LogP contribution < -0.4 is 18.6 Å². The second-order valence-electron chi connectivity index (χ2n) is 7.97. The van der Waals surface area contributed by atoms with Gasteiger partial charge in [-0.1, -0.05) is 82.8 Å². The number of pyridine rings is 2. The Balaban J connectivity index is 0.000000340. The summed E-state index contributed by atoms with van der Waals surface area (Å²) in [5, 5.41) is 22.9. The van der Waals surface area contributed by atoms with Gasteiger partial charge in [-0.25, -0.2) is 28.6 Å². The van der Waals surface area contributed by atoms with Crippen molar-refractivity contribution < 1.29 is 48.4 Å². The average molecular weight is 841 g/mol. The number of nitrogens with zero attached hydrogens (tertiary/aromatic N) is 8. The van der Waals surface area contributed by atoms with E-state index in [4.69, 9.17) is 65.0 Å². The van der Waals surface area contributed by atoms with E-state index in [1.165, 1.54) is 12.1 Å². The first-order valence-electron chi connectivity index (χ1n) is 12.3. The maximum atomic E-state index is 9.94. The van der Waals surface area contributed by atoms with Crippen molar-refractivity contribution in [2.24, 2.45) is 30.8 Å². The summed E-state index contributed by atoms with van der Waals surface area (Å²) in [6.07, 6.45) is 3.28. The summed E-state index contributed by atoms with van der Waals surface area (Å²) >= 11 is 23.7. The molecule has 2 heterocycles. The molecule has 0 aliphatic rings. The quantitative estimate of drug-likeness (QED) is 0.0953. The number of benzene rings is 3. The van der Waals surface area contributed by atoms with E-state index in [-0.39, 0.29) is 30.9 Å². The Hall–Kier alpha value is -3.73. The van der Waals surface area contributed by atoms with Crippen molar-refractivity contribution >= 4 is 80.8 Å². The van der Waals surface area contributed by atoms with Gasteiger partial charge in [0.2, 0.25) is 0 Å². The zero-order valence-electron chi connectivity index (χ0n) is 23.7. The molecule has 2 aromatic heterocycles.